The highest BCUT2D eigenvalue weighted by Crippen LogP contribution is 2.36. The molecule has 1 aromatic carbocycles. The van der Waals surface area contributed by atoms with E-state index in [2.05, 4.69) is 14.9 Å². The van der Waals surface area contributed by atoms with Crippen LogP contribution in [0.15, 0.2) is 45.8 Å². The van der Waals surface area contributed by atoms with Gasteiger partial charge in [0.15, 0.2) is 23.1 Å². The van der Waals surface area contributed by atoms with Crippen molar-refractivity contribution < 1.29 is 13.9 Å². The standard InChI is InChI=1S/C19H17N3O4/c23-19-13-6-7-22(9-12-3-1-4-15-17(12)26-11-25-15)10-14(13)20-18(21-19)16-5-2-8-24-16/h1-5,8H,6-7,9-11H2,(H,20,21,23). The van der Waals surface area contributed by atoms with Gasteiger partial charge in [-0.25, -0.2) is 4.98 Å². The summed E-state index contributed by atoms with van der Waals surface area (Å²) in [6.45, 7) is 2.38. The molecule has 132 valence electrons. The third-order valence-electron chi connectivity index (χ3n) is 4.78. The lowest BCUT2D eigenvalue weighted by Crippen LogP contribution is -2.35. The van der Waals surface area contributed by atoms with Gasteiger partial charge in [0, 0.05) is 30.8 Å². The fraction of sp³-hybridized carbons (Fsp3) is 0.263. The summed E-state index contributed by atoms with van der Waals surface area (Å²) >= 11 is 0. The van der Waals surface area contributed by atoms with Crippen LogP contribution in [0.1, 0.15) is 16.8 Å². The van der Waals surface area contributed by atoms with Gasteiger partial charge in [0.1, 0.15) is 0 Å². The van der Waals surface area contributed by atoms with E-state index < -0.39 is 0 Å². The minimum absolute atomic E-state index is 0.0848. The molecule has 2 aliphatic heterocycles. The summed E-state index contributed by atoms with van der Waals surface area (Å²) in [5, 5.41) is 0. The molecule has 0 saturated carbocycles. The molecule has 2 aliphatic rings. The molecule has 4 heterocycles. The summed E-state index contributed by atoms with van der Waals surface area (Å²) in [5.41, 5.74) is 2.56. The van der Waals surface area contributed by atoms with Crippen LogP contribution in [0.4, 0.5) is 0 Å². The molecule has 7 nitrogen and oxygen atoms in total. The summed E-state index contributed by atoms with van der Waals surface area (Å²) in [6, 6.07) is 9.49. The van der Waals surface area contributed by atoms with E-state index in [0.29, 0.717) is 24.6 Å². The first-order chi connectivity index (χ1) is 12.8. The Morgan fingerprint density at radius 1 is 1.19 bits per heavy atom. The molecule has 0 bridgehead atoms. The molecule has 0 atom stereocenters. The molecule has 1 N–H and O–H groups in total. The Kier molecular flexibility index (Phi) is 3.53. The molecular weight excluding hydrogens is 334 g/mol. The van der Waals surface area contributed by atoms with Crippen molar-refractivity contribution in [1.82, 2.24) is 14.9 Å². The average Bonchev–Trinajstić information content (AvgIpc) is 3.34. The second-order valence-electron chi connectivity index (χ2n) is 6.43. The van der Waals surface area contributed by atoms with Crippen LogP contribution in [0.2, 0.25) is 0 Å². The van der Waals surface area contributed by atoms with E-state index in [1.54, 1.807) is 18.4 Å². The van der Waals surface area contributed by atoms with Crippen molar-refractivity contribution in [2.24, 2.45) is 0 Å². The first-order valence-electron chi connectivity index (χ1n) is 8.54. The number of ether oxygens (including phenoxy) is 2. The monoisotopic (exact) mass is 351 g/mol. The van der Waals surface area contributed by atoms with Crippen molar-refractivity contribution in [2.75, 3.05) is 13.3 Å². The van der Waals surface area contributed by atoms with Gasteiger partial charge < -0.3 is 18.9 Å². The molecule has 0 saturated heterocycles. The predicted molar refractivity (Wildman–Crippen MR) is 92.9 cm³/mol. The lowest BCUT2D eigenvalue weighted by atomic mass is 10.0. The van der Waals surface area contributed by atoms with Gasteiger partial charge in [-0.3, -0.25) is 9.69 Å². The van der Waals surface area contributed by atoms with Gasteiger partial charge in [0.25, 0.3) is 5.56 Å². The van der Waals surface area contributed by atoms with E-state index in [9.17, 15) is 4.79 Å². The Hall–Kier alpha value is -3.06. The van der Waals surface area contributed by atoms with Crippen LogP contribution in [-0.4, -0.2) is 28.2 Å². The second-order valence-corrected chi connectivity index (χ2v) is 6.43. The number of hydrogen-bond donors (Lipinski definition) is 1. The van der Waals surface area contributed by atoms with Crippen molar-refractivity contribution in [2.45, 2.75) is 19.5 Å². The Morgan fingerprint density at radius 3 is 3.04 bits per heavy atom. The van der Waals surface area contributed by atoms with E-state index in [4.69, 9.17) is 13.9 Å². The number of fused-ring (bicyclic) bond motifs is 2. The van der Waals surface area contributed by atoms with Crippen molar-refractivity contribution in [1.29, 1.82) is 0 Å². The fourth-order valence-electron chi connectivity index (χ4n) is 3.51. The first kappa shape index (κ1) is 15.2. The van der Waals surface area contributed by atoms with E-state index in [1.165, 1.54) is 0 Å². The highest BCUT2D eigenvalue weighted by atomic mass is 16.7. The SMILES string of the molecule is O=c1[nH]c(-c2ccco2)nc2c1CCN(Cc1cccc3c1OCO3)C2. The maximum absolute atomic E-state index is 12.4. The second kappa shape index (κ2) is 6.03. The molecular formula is C19H17N3O4. The summed E-state index contributed by atoms with van der Waals surface area (Å²) < 4.78 is 16.4. The molecule has 7 heteroatoms. The van der Waals surface area contributed by atoms with E-state index in [-0.39, 0.29) is 12.4 Å². The zero-order valence-corrected chi connectivity index (χ0v) is 14.0. The van der Waals surface area contributed by atoms with Crippen molar-refractivity contribution in [3.05, 3.63) is 63.8 Å². The Labute approximate surface area is 149 Å². The maximum Gasteiger partial charge on any atom is 0.254 e. The number of H-pyrrole nitrogens is 1. The summed E-state index contributed by atoms with van der Waals surface area (Å²) in [6.07, 6.45) is 2.24. The zero-order valence-electron chi connectivity index (χ0n) is 14.0. The van der Waals surface area contributed by atoms with Crippen LogP contribution in [-0.2, 0) is 19.5 Å². The first-order valence-corrected chi connectivity index (χ1v) is 8.54. The number of aromatic nitrogens is 2. The van der Waals surface area contributed by atoms with Gasteiger partial charge in [-0.15, -0.1) is 0 Å². The number of nitrogens with one attached hydrogen (secondary N) is 1. The minimum Gasteiger partial charge on any atom is -0.461 e. The molecule has 0 spiro atoms. The van der Waals surface area contributed by atoms with Crippen LogP contribution in [0.3, 0.4) is 0 Å². The lowest BCUT2D eigenvalue weighted by Gasteiger charge is -2.27. The molecule has 26 heavy (non-hydrogen) atoms. The van der Waals surface area contributed by atoms with Gasteiger partial charge in [-0.05, 0) is 24.6 Å². The Morgan fingerprint density at radius 2 is 2.15 bits per heavy atom. The third-order valence-corrected chi connectivity index (χ3v) is 4.78. The highest BCUT2D eigenvalue weighted by Gasteiger charge is 2.24. The largest absolute Gasteiger partial charge is 0.461 e. The van der Waals surface area contributed by atoms with Crippen LogP contribution < -0.4 is 15.0 Å². The molecule has 3 aromatic rings. The van der Waals surface area contributed by atoms with Crippen molar-refractivity contribution in [3.8, 4) is 23.1 Å². The van der Waals surface area contributed by atoms with Crippen LogP contribution >= 0.6 is 0 Å². The topological polar surface area (TPSA) is 80.6 Å². The van der Waals surface area contributed by atoms with Crippen molar-refractivity contribution in [3.63, 3.8) is 0 Å². The minimum atomic E-state index is -0.0848. The number of furan rings is 1. The molecule has 5 rings (SSSR count). The molecule has 0 amide bonds. The van der Waals surface area contributed by atoms with E-state index >= 15 is 0 Å². The summed E-state index contributed by atoms with van der Waals surface area (Å²) in [4.78, 5) is 22.1. The van der Waals surface area contributed by atoms with Crippen LogP contribution in [0.25, 0.3) is 11.6 Å². The molecule has 0 aliphatic carbocycles. The van der Waals surface area contributed by atoms with Crippen molar-refractivity contribution >= 4 is 0 Å². The fourth-order valence-corrected chi connectivity index (χ4v) is 3.51. The number of para-hydroxylation sites is 1. The lowest BCUT2D eigenvalue weighted by molar-refractivity contribution is 0.171. The van der Waals surface area contributed by atoms with Gasteiger partial charge in [0.05, 0.1) is 12.0 Å². The highest BCUT2D eigenvalue weighted by molar-refractivity contribution is 5.49. The van der Waals surface area contributed by atoms with Crippen LogP contribution in [0, 0.1) is 0 Å². The van der Waals surface area contributed by atoms with Crippen LogP contribution in [0.5, 0.6) is 11.5 Å². The van der Waals surface area contributed by atoms with Gasteiger partial charge >= 0.3 is 0 Å². The Balaban J connectivity index is 1.43. The van der Waals surface area contributed by atoms with Gasteiger partial charge in [-0.2, -0.15) is 0 Å². The van der Waals surface area contributed by atoms with Gasteiger partial charge in [0.2, 0.25) is 6.79 Å². The summed E-state index contributed by atoms with van der Waals surface area (Å²) in [5.74, 6) is 2.63. The third kappa shape index (κ3) is 2.57. The van der Waals surface area contributed by atoms with E-state index in [1.807, 2.05) is 18.2 Å². The number of benzene rings is 1. The zero-order chi connectivity index (χ0) is 17.5. The normalized spacial score (nSPS) is 15.8. The molecule has 0 unspecified atom stereocenters. The Bertz CT molecular complexity index is 1010. The molecule has 2 aromatic heterocycles. The quantitative estimate of drug-likeness (QED) is 0.780. The van der Waals surface area contributed by atoms with Gasteiger partial charge in [-0.1, -0.05) is 12.1 Å². The maximum atomic E-state index is 12.4. The molecule has 0 fully saturated rings. The number of aromatic amines is 1. The average molecular weight is 351 g/mol. The number of nitrogens with zero attached hydrogens (tertiary/aromatic N) is 2. The summed E-state index contributed by atoms with van der Waals surface area (Å²) in [7, 11) is 0. The van der Waals surface area contributed by atoms with E-state index in [0.717, 1.165) is 41.4 Å². The number of hydrogen-bond acceptors (Lipinski definition) is 6. The predicted octanol–water partition coefficient (Wildman–Crippen LogP) is 2.32. The number of rotatable bonds is 3. The smallest absolute Gasteiger partial charge is 0.254 e. The molecule has 0 radical (unpaired) electrons.